The fraction of sp³-hybridized carbons (Fsp3) is 0.500. The Kier molecular flexibility index (Phi) is 38.2. The van der Waals surface area contributed by atoms with Gasteiger partial charge in [0.15, 0.2) is 0 Å². The molecule has 0 unspecified atom stereocenters. The molecule has 0 fully saturated rings. The van der Waals surface area contributed by atoms with E-state index < -0.39 is 0 Å². The molecular weight excluding hydrogens is 221 g/mol. The Labute approximate surface area is 72.9 Å². The number of aldehydes is 2. The summed E-state index contributed by atoms with van der Waals surface area (Å²) in [6, 6.07) is 0. The van der Waals surface area contributed by atoms with Crippen LogP contribution in [0.15, 0.2) is 0 Å². The normalized spacial score (nSPS) is 6.00. The average Bonchev–Trinajstić information content (AvgIpc) is 1.94. The zero-order valence-electron chi connectivity index (χ0n) is 5.56. The predicted molar refractivity (Wildman–Crippen MR) is 33.1 cm³/mol. The third kappa shape index (κ3) is 25.4. The van der Waals surface area contributed by atoms with Crippen LogP contribution in [0.5, 0.6) is 0 Å². The molecule has 0 radical (unpaired) electrons. The van der Waals surface area contributed by atoms with E-state index in [0.717, 1.165) is 12.6 Å². The smallest absolute Gasteiger partial charge is 0.120 e. The zero-order chi connectivity index (χ0) is 7.54. The third-order valence-corrected chi connectivity index (χ3v) is 0.644. The van der Waals surface area contributed by atoms with Gasteiger partial charge in [-0.25, -0.2) is 0 Å². The van der Waals surface area contributed by atoms with E-state index in [0.29, 0.717) is 19.3 Å². The summed E-state index contributed by atoms with van der Waals surface area (Å²) in [7, 11) is 0. The van der Waals surface area contributed by atoms with Crippen molar-refractivity contribution in [1.82, 2.24) is 0 Å². The fourth-order valence-electron chi connectivity index (χ4n) is 0.285. The van der Waals surface area contributed by atoms with Crippen LogP contribution < -0.4 is 0 Å². The molecule has 0 aromatic rings. The molecule has 0 aromatic carbocycles. The standard InChI is InChI=1S/C5H8O2.CH2O.Ru/c6-4-2-1-3-5-7;1-2;/h4-5H,1-3H2;1H2;. The van der Waals surface area contributed by atoms with Gasteiger partial charge in [0.2, 0.25) is 0 Å². The Hall–Kier alpha value is -0.367. The van der Waals surface area contributed by atoms with E-state index in [1.807, 2.05) is 6.79 Å². The van der Waals surface area contributed by atoms with Crippen LogP contribution in [0.25, 0.3) is 0 Å². The van der Waals surface area contributed by atoms with Crippen LogP contribution in [0.1, 0.15) is 19.3 Å². The van der Waals surface area contributed by atoms with Crippen LogP contribution in [0.2, 0.25) is 0 Å². The molecule has 0 amide bonds. The van der Waals surface area contributed by atoms with Crippen LogP contribution in [-0.2, 0) is 33.9 Å². The molecule has 10 heavy (non-hydrogen) atoms. The first kappa shape index (κ1) is 16.3. The van der Waals surface area contributed by atoms with Crippen molar-refractivity contribution in [2.45, 2.75) is 19.3 Å². The molecule has 0 heterocycles. The molecular formula is C6H10O3Ru. The first-order valence-corrected chi connectivity index (χ1v) is 2.58. The molecule has 0 aliphatic heterocycles. The van der Waals surface area contributed by atoms with Crippen molar-refractivity contribution >= 4 is 19.4 Å². The van der Waals surface area contributed by atoms with E-state index in [4.69, 9.17) is 4.79 Å². The minimum atomic E-state index is 0. The van der Waals surface area contributed by atoms with Gasteiger partial charge in [0.1, 0.15) is 19.4 Å². The van der Waals surface area contributed by atoms with Crippen molar-refractivity contribution in [3.05, 3.63) is 0 Å². The van der Waals surface area contributed by atoms with Gasteiger partial charge >= 0.3 is 0 Å². The molecule has 0 saturated carbocycles. The maximum Gasteiger partial charge on any atom is 0.120 e. The SMILES string of the molecule is C=O.O=CCCCC=O.[Ru]. The molecule has 0 bridgehead atoms. The second-order valence-electron chi connectivity index (χ2n) is 1.26. The Morgan fingerprint density at radius 1 is 1.00 bits per heavy atom. The zero-order valence-corrected chi connectivity index (χ0v) is 7.30. The van der Waals surface area contributed by atoms with Crippen molar-refractivity contribution in [2.75, 3.05) is 0 Å². The summed E-state index contributed by atoms with van der Waals surface area (Å²) in [5, 5.41) is 0. The number of carbonyl (C=O) groups is 3. The molecule has 0 atom stereocenters. The van der Waals surface area contributed by atoms with Crippen LogP contribution in [0, 0.1) is 0 Å². The number of unbranched alkanes of at least 4 members (excludes halogenated alkanes) is 2. The minimum Gasteiger partial charge on any atom is -0.307 e. The molecule has 0 spiro atoms. The van der Waals surface area contributed by atoms with Crippen molar-refractivity contribution in [2.24, 2.45) is 0 Å². The van der Waals surface area contributed by atoms with Crippen molar-refractivity contribution < 1.29 is 33.9 Å². The number of hydrogen-bond donors (Lipinski definition) is 0. The summed E-state index contributed by atoms with van der Waals surface area (Å²) in [6.45, 7) is 2.00. The van der Waals surface area contributed by atoms with Crippen molar-refractivity contribution in [3.63, 3.8) is 0 Å². The molecule has 0 aromatic heterocycles. The van der Waals surface area contributed by atoms with Gasteiger partial charge in [0.25, 0.3) is 0 Å². The van der Waals surface area contributed by atoms with Crippen LogP contribution in [0.4, 0.5) is 0 Å². The van der Waals surface area contributed by atoms with E-state index in [9.17, 15) is 9.59 Å². The summed E-state index contributed by atoms with van der Waals surface area (Å²) < 4.78 is 0. The number of hydrogen-bond acceptors (Lipinski definition) is 3. The average molecular weight is 231 g/mol. The van der Waals surface area contributed by atoms with Crippen molar-refractivity contribution in [3.8, 4) is 0 Å². The summed E-state index contributed by atoms with van der Waals surface area (Å²) in [5.41, 5.74) is 0. The molecule has 0 N–H and O–H groups in total. The maximum atomic E-state index is 9.56. The summed E-state index contributed by atoms with van der Waals surface area (Å²) in [4.78, 5) is 27.1. The van der Waals surface area contributed by atoms with Gasteiger partial charge in [-0.1, -0.05) is 0 Å². The van der Waals surface area contributed by atoms with Gasteiger partial charge in [0.05, 0.1) is 0 Å². The molecule has 4 heteroatoms. The van der Waals surface area contributed by atoms with Gasteiger partial charge in [-0.15, -0.1) is 0 Å². The molecule has 0 rings (SSSR count). The Balaban J connectivity index is -0.000000149. The second-order valence-corrected chi connectivity index (χ2v) is 1.26. The van der Waals surface area contributed by atoms with Gasteiger partial charge in [-0.05, 0) is 6.42 Å². The van der Waals surface area contributed by atoms with E-state index in [-0.39, 0.29) is 19.5 Å². The fourth-order valence-corrected chi connectivity index (χ4v) is 0.285. The van der Waals surface area contributed by atoms with Gasteiger partial charge in [-0.2, -0.15) is 0 Å². The van der Waals surface area contributed by atoms with E-state index in [2.05, 4.69) is 0 Å². The monoisotopic (exact) mass is 232 g/mol. The van der Waals surface area contributed by atoms with Crippen LogP contribution in [-0.4, -0.2) is 19.4 Å². The molecule has 3 nitrogen and oxygen atoms in total. The Morgan fingerprint density at radius 2 is 1.30 bits per heavy atom. The first-order valence-electron chi connectivity index (χ1n) is 2.58. The summed E-state index contributed by atoms with van der Waals surface area (Å²) >= 11 is 0. The second kappa shape index (κ2) is 23.4. The topological polar surface area (TPSA) is 51.2 Å². The van der Waals surface area contributed by atoms with E-state index in [1.165, 1.54) is 0 Å². The third-order valence-electron chi connectivity index (χ3n) is 0.644. The quantitative estimate of drug-likeness (QED) is 0.399. The Morgan fingerprint density at radius 3 is 1.50 bits per heavy atom. The largest absolute Gasteiger partial charge is 0.307 e. The molecule has 60 valence electrons. The summed E-state index contributed by atoms with van der Waals surface area (Å²) in [5.74, 6) is 0. The van der Waals surface area contributed by atoms with E-state index >= 15 is 0 Å². The van der Waals surface area contributed by atoms with Crippen LogP contribution >= 0.6 is 0 Å². The van der Waals surface area contributed by atoms with Gasteiger partial charge < -0.3 is 14.4 Å². The van der Waals surface area contributed by atoms with Gasteiger partial charge in [-0.3, -0.25) is 0 Å². The minimum absolute atomic E-state index is 0. The first-order chi connectivity index (χ1) is 4.41. The Bertz CT molecular complexity index is 67.4. The van der Waals surface area contributed by atoms with Crippen molar-refractivity contribution in [1.29, 1.82) is 0 Å². The van der Waals surface area contributed by atoms with Gasteiger partial charge in [0, 0.05) is 32.3 Å². The van der Waals surface area contributed by atoms with E-state index in [1.54, 1.807) is 0 Å². The number of rotatable bonds is 4. The predicted octanol–water partition coefficient (Wildman–Crippen LogP) is 0.367. The summed E-state index contributed by atoms with van der Waals surface area (Å²) in [6.07, 6.45) is 3.37. The molecule has 0 saturated heterocycles. The molecule has 0 aliphatic rings. The molecule has 0 aliphatic carbocycles. The number of carbonyl (C=O) groups excluding carboxylic acids is 3. The maximum absolute atomic E-state index is 9.56. The van der Waals surface area contributed by atoms with Crippen LogP contribution in [0.3, 0.4) is 0 Å².